The van der Waals surface area contributed by atoms with Gasteiger partial charge < -0.3 is 15.1 Å². The van der Waals surface area contributed by atoms with Gasteiger partial charge in [0.25, 0.3) is 6.47 Å². The molecular weight excluding hydrogens is 420 g/mol. The second kappa shape index (κ2) is 11.6. The fraction of sp³-hybridized carbons (Fsp3) is 0.654. The Labute approximate surface area is 196 Å². The van der Waals surface area contributed by atoms with Crippen molar-refractivity contribution in [3.63, 3.8) is 0 Å². The van der Waals surface area contributed by atoms with Crippen LogP contribution in [-0.4, -0.2) is 63.5 Å². The van der Waals surface area contributed by atoms with Crippen LogP contribution in [0.4, 0.5) is 0 Å². The Bertz CT molecular complexity index is 809. The van der Waals surface area contributed by atoms with Crippen molar-refractivity contribution >= 4 is 18.3 Å². The minimum absolute atomic E-state index is 0.0806. The molecular formula is C26H38N2O5. The lowest BCUT2D eigenvalue weighted by atomic mass is 9.70. The Morgan fingerprint density at radius 2 is 1.79 bits per heavy atom. The van der Waals surface area contributed by atoms with Crippen LogP contribution in [0.25, 0.3) is 0 Å². The zero-order valence-corrected chi connectivity index (χ0v) is 19.9. The zero-order chi connectivity index (χ0) is 24.0. The van der Waals surface area contributed by atoms with Crippen molar-refractivity contribution < 1.29 is 24.6 Å². The van der Waals surface area contributed by atoms with Gasteiger partial charge in [0.05, 0.1) is 6.42 Å². The van der Waals surface area contributed by atoms with Gasteiger partial charge in [-0.2, -0.15) is 0 Å². The van der Waals surface area contributed by atoms with Crippen molar-refractivity contribution in [1.29, 1.82) is 0 Å². The first-order chi connectivity index (χ1) is 15.8. The standard InChI is InChI=1S/C25H36N2O3.CH2O2/c1-17(2)6-11-23-21-13-20(22-4-3-5-24(28)27(22)23)15-26(16-21)14-19-9-7-18(8-10-19)12-25(29)30;2-1-3/h7-10,17,20-23H,3-6,11-16H2,1-2H3,(H,29,30);1H,(H,2,3)/t20-,21+,22+,23+;/m1./s1. The highest BCUT2D eigenvalue weighted by Gasteiger charge is 2.48. The molecule has 0 aromatic heterocycles. The van der Waals surface area contributed by atoms with Gasteiger partial charge in [0, 0.05) is 38.1 Å². The molecule has 2 bridgehead atoms. The van der Waals surface area contributed by atoms with E-state index in [1.165, 1.54) is 24.8 Å². The molecule has 0 saturated carbocycles. The van der Waals surface area contributed by atoms with E-state index >= 15 is 0 Å². The van der Waals surface area contributed by atoms with Crippen LogP contribution in [-0.2, 0) is 27.3 Å². The van der Waals surface area contributed by atoms with Crippen molar-refractivity contribution in [2.75, 3.05) is 13.1 Å². The minimum Gasteiger partial charge on any atom is -0.483 e. The minimum atomic E-state index is -0.786. The van der Waals surface area contributed by atoms with Crippen LogP contribution < -0.4 is 0 Å². The molecule has 3 fully saturated rings. The number of aliphatic carboxylic acids is 1. The van der Waals surface area contributed by atoms with E-state index in [2.05, 4.69) is 35.8 Å². The molecule has 1 aromatic rings. The molecule has 2 N–H and O–H groups in total. The van der Waals surface area contributed by atoms with Gasteiger partial charge in [-0.3, -0.25) is 19.3 Å². The number of carbonyl (C=O) groups is 3. The summed E-state index contributed by atoms with van der Waals surface area (Å²) in [7, 11) is 0. The van der Waals surface area contributed by atoms with Crippen LogP contribution in [0, 0.1) is 17.8 Å². The summed E-state index contributed by atoms with van der Waals surface area (Å²) in [4.78, 5) is 37.1. The molecule has 182 valence electrons. The number of benzene rings is 1. The van der Waals surface area contributed by atoms with Crippen LogP contribution >= 0.6 is 0 Å². The fourth-order valence-electron chi connectivity index (χ4n) is 6.07. The number of hydrogen-bond donors (Lipinski definition) is 2. The second-order valence-electron chi connectivity index (χ2n) is 10.2. The SMILES string of the molecule is CC(C)CC[C@H]1[C@H]2C[C@H](CN(Cc3ccc(CC(=O)O)cc3)C2)[C@@H]2CCCC(=O)N21.O=CO. The van der Waals surface area contributed by atoms with E-state index in [0.717, 1.165) is 44.5 Å². The van der Waals surface area contributed by atoms with Crippen LogP contribution in [0.1, 0.15) is 63.5 Å². The first-order valence-electron chi connectivity index (χ1n) is 12.2. The molecule has 0 unspecified atom stereocenters. The van der Waals surface area contributed by atoms with E-state index in [0.29, 0.717) is 35.7 Å². The zero-order valence-electron chi connectivity index (χ0n) is 19.9. The van der Waals surface area contributed by atoms with Crippen LogP contribution in [0.5, 0.6) is 0 Å². The van der Waals surface area contributed by atoms with Gasteiger partial charge >= 0.3 is 5.97 Å². The average molecular weight is 459 g/mol. The number of amides is 1. The van der Waals surface area contributed by atoms with E-state index < -0.39 is 5.97 Å². The summed E-state index contributed by atoms with van der Waals surface area (Å²) in [5.41, 5.74) is 2.10. The van der Waals surface area contributed by atoms with Crippen molar-refractivity contribution in [3.8, 4) is 0 Å². The highest BCUT2D eigenvalue weighted by Crippen LogP contribution is 2.43. The van der Waals surface area contributed by atoms with E-state index in [1.807, 2.05) is 12.1 Å². The smallest absolute Gasteiger partial charge is 0.307 e. The van der Waals surface area contributed by atoms with E-state index in [9.17, 15) is 9.59 Å². The molecule has 4 atom stereocenters. The fourth-order valence-corrected chi connectivity index (χ4v) is 6.07. The van der Waals surface area contributed by atoms with Crippen molar-refractivity contribution in [2.45, 2.75) is 77.4 Å². The summed E-state index contributed by atoms with van der Waals surface area (Å²) in [5.74, 6) is 1.45. The average Bonchev–Trinajstić information content (AvgIpc) is 2.75. The van der Waals surface area contributed by atoms with Gasteiger partial charge in [0.1, 0.15) is 0 Å². The number of carbonyl (C=O) groups excluding carboxylic acids is 1. The Balaban J connectivity index is 0.000000968. The molecule has 3 heterocycles. The summed E-state index contributed by atoms with van der Waals surface area (Å²) in [6, 6.07) is 8.88. The molecule has 7 nitrogen and oxygen atoms in total. The number of carboxylic acid groups (broad SMARTS) is 2. The first-order valence-corrected chi connectivity index (χ1v) is 12.2. The lowest BCUT2D eigenvalue weighted by molar-refractivity contribution is -0.153. The highest BCUT2D eigenvalue weighted by molar-refractivity contribution is 5.78. The monoisotopic (exact) mass is 458 g/mol. The van der Waals surface area contributed by atoms with Gasteiger partial charge in [-0.15, -0.1) is 0 Å². The maximum absolute atomic E-state index is 12.9. The van der Waals surface area contributed by atoms with E-state index in [4.69, 9.17) is 15.0 Å². The number of carboxylic acids is 1. The van der Waals surface area contributed by atoms with Gasteiger partial charge in [-0.1, -0.05) is 38.1 Å². The molecule has 3 aliphatic rings. The molecule has 1 amide bonds. The molecule has 1 aromatic carbocycles. The number of fused-ring (bicyclic) bond motifs is 4. The summed E-state index contributed by atoms with van der Waals surface area (Å²) < 4.78 is 0. The maximum atomic E-state index is 12.9. The number of nitrogens with zero attached hydrogens (tertiary/aromatic N) is 2. The Hall–Kier alpha value is -2.41. The molecule has 0 spiro atoms. The predicted molar refractivity (Wildman–Crippen MR) is 126 cm³/mol. The quantitative estimate of drug-likeness (QED) is 0.605. The topological polar surface area (TPSA) is 98.2 Å². The van der Waals surface area contributed by atoms with Crippen LogP contribution in [0.15, 0.2) is 24.3 Å². The Kier molecular flexibility index (Phi) is 8.89. The van der Waals surface area contributed by atoms with Crippen molar-refractivity contribution in [2.24, 2.45) is 17.8 Å². The number of piperidine rings is 3. The molecule has 4 rings (SSSR count). The molecule has 0 aliphatic carbocycles. The van der Waals surface area contributed by atoms with E-state index in [-0.39, 0.29) is 12.9 Å². The first kappa shape index (κ1) is 25.2. The lowest BCUT2D eigenvalue weighted by Crippen LogP contribution is -2.64. The molecule has 33 heavy (non-hydrogen) atoms. The van der Waals surface area contributed by atoms with Crippen LogP contribution in [0.3, 0.4) is 0 Å². The second-order valence-corrected chi connectivity index (χ2v) is 10.2. The molecule has 3 aliphatic heterocycles. The normalized spacial score (nSPS) is 26.9. The predicted octanol–water partition coefficient (Wildman–Crippen LogP) is 3.65. The molecule has 7 heteroatoms. The summed E-state index contributed by atoms with van der Waals surface area (Å²) in [6.07, 6.45) is 6.62. The van der Waals surface area contributed by atoms with E-state index in [1.54, 1.807) is 0 Å². The molecule has 3 saturated heterocycles. The summed E-state index contributed by atoms with van der Waals surface area (Å²) >= 11 is 0. The summed E-state index contributed by atoms with van der Waals surface area (Å²) in [6.45, 7) is 7.36. The number of hydrogen-bond acceptors (Lipinski definition) is 4. The Morgan fingerprint density at radius 3 is 2.42 bits per heavy atom. The third-order valence-corrected chi connectivity index (χ3v) is 7.40. The summed E-state index contributed by atoms with van der Waals surface area (Å²) in [5, 5.41) is 15.9. The number of likely N-dealkylation sites (tertiary alicyclic amines) is 1. The van der Waals surface area contributed by atoms with Crippen molar-refractivity contribution in [1.82, 2.24) is 9.80 Å². The van der Waals surface area contributed by atoms with Gasteiger partial charge in [-0.25, -0.2) is 0 Å². The number of rotatable bonds is 7. The highest BCUT2D eigenvalue weighted by atomic mass is 16.4. The van der Waals surface area contributed by atoms with Gasteiger partial charge in [0.15, 0.2) is 0 Å². The van der Waals surface area contributed by atoms with Gasteiger partial charge in [-0.05, 0) is 61.0 Å². The third kappa shape index (κ3) is 6.56. The van der Waals surface area contributed by atoms with Crippen molar-refractivity contribution in [3.05, 3.63) is 35.4 Å². The maximum Gasteiger partial charge on any atom is 0.307 e. The Morgan fingerprint density at radius 1 is 1.15 bits per heavy atom. The van der Waals surface area contributed by atoms with Crippen LogP contribution in [0.2, 0.25) is 0 Å². The largest absolute Gasteiger partial charge is 0.483 e. The van der Waals surface area contributed by atoms with Gasteiger partial charge in [0.2, 0.25) is 5.91 Å². The lowest BCUT2D eigenvalue weighted by Gasteiger charge is -2.57. The third-order valence-electron chi connectivity index (χ3n) is 7.40. The molecule has 0 radical (unpaired) electrons.